The van der Waals surface area contributed by atoms with Gasteiger partial charge in [-0.15, -0.1) is 0 Å². The zero-order valence-corrected chi connectivity index (χ0v) is 16.1. The minimum absolute atomic E-state index is 0.0274. The smallest absolute Gasteiger partial charge is 0.221 e. The van der Waals surface area contributed by atoms with Gasteiger partial charge in [0.15, 0.2) is 0 Å². The third-order valence-corrected chi connectivity index (χ3v) is 4.23. The fraction of sp³-hybridized carbons (Fsp3) is 0.273. The molecule has 0 spiro atoms. The summed E-state index contributed by atoms with van der Waals surface area (Å²) in [5, 5.41) is 3.73. The molecule has 0 saturated heterocycles. The molecule has 1 aromatic heterocycles. The van der Waals surface area contributed by atoms with Crippen LogP contribution in [0.2, 0.25) is 0 Å². The van der Waals surface area contributed by atoms with Crippen LogP contribution in [0.5, 0.6) is 11.5 Å². The van der Waals surface area contributed by atoms with E-state index in [1.165, 1.54) is 6.92 Å². The van der Waals surface area contributed by atoms with E-state index < -0.39 is 0 Å². The number of hydrogen-bond donors (Lipinski definition) is 2. The molecule has 0 saturated carbocycles. The number of nitrogen functional groups attached to an aromatic ring is 1. The van der Waals surface area contributed by atoms with Gasteiger partial charge >= 0.3 is 0 Å². The number of carbonyl (C=O) groups is 1. The standard InChI is InChI=1S/C22H25N3O3/c1-15(28-20-7-3-6-17-8-13-21(23)25-22(17)20)5-4-14-27-19-11-9-18(10-12-19)24-16(2)26/h3,6-13,15H,4-5,14H2,1-2H3,(H2,23,25)(H,24,26). The Labute approximate surface area is 164 Å². The van der Waals surface area contributed by atoms with Crippen molar-refractivity contribution in [2.24, 2.45) is 0 Å². The number of carbonyl (C=O) groups excluding carboxylic acids is 1. The predicted molar refractivity (Wildman–Crippen MR) is 112 cm³/mol. The molecule has 0 aliphatic heterocycles. The average molecular weight is 379 g/mol. The van der Waals surface area contributed by atoms with Crippen LogP contribution in [0.1, 0.15) is 26.7 Å². The van der Waals surface area contributed by atoms with Crippen LogP contribution >= 0.6 is 0 Å². The van der Waals surface area contributed by atoms with Crippen LogP contribution in [-0.4, -0.2) is 23.6 Å². The van der Waals surface area contributed by atoms with Crippen LogP contribution in [0.4, 0.5) is 11.5 Å². The zero-order valence-electron chi connectivity index (χ0n) is 16.1. The Kier molecular flexibility index (Phi) is 6.32. The number of anilines is 2. The molecule has 6 heteroatoms. The first-order valence-corrected chi connectivity index (χ1v) is 9.33. The van der Waals surface area contributed by atoms with Gasteiger partial charge < -0.3 is 20.5 Å². The Morgan fingerprint density at radius 1 is 1.14 bits per heavy atom. The number of ether oxygens (including phenoxy) is 2. The van der Waals surface area contributed by atoms with E-state index in [9.17, 15) is 4.79 Å². The molecule has 1 unspecified atom stereocenters. The van der Waals surface area contributed by atoms with Crippen molar-refractivity contribution in [1.29, 1.82) is 0 Å². The molecule has 0 bridgehead atoms. The number of nitrogens with zero attached hydrogens (tertiary/aromatic N) is 1. The van der Waals surface area contributed by atoms with Gasteiger partial charge in [0.2, 0.25) is 5.91 Å². The van der Waals surface area contributed by atoms with Gasteiger partial charge in [0.05, 0.1) is 12.7 Å². The summed E-state index contributed by atoms with van der Waals surface area (Å²) in [5.41, 5.74) is 7.34. The zero-order chi connectivity index (χ0) is 19.9. The summed E-state index contributed by atoms with van der Waals surface area (Å²) < 4.78 is 11.8. The van der Waals surface area contributed by atoms with Crippen molar-refractivity contribution in [3.05, 3.63) is 54.6 Å². The third kappa shape index (κ3) is 5.36. The summed E-state index contributed by atoms with van der Waals surface area (Å²) in [6.45, 7) is 4.11. The number of benzene rings is 2. The molecular formula is C22H25N3O3. The summed E-state index contributed by atoms with van der Waals surface area (Å²) in [4.78, 5) is 15.4. The van der Waals surface area contributed by atoms with Crippen molar-refractivity contribution in [3.63, 3.8) is 0 Å². The lowest BCUT2D eigenvalue weighted by Gasteiger charge is -2.16. The van der Waals surface area contributed by atoms with Crippen LogP contribution in [-0.2, 0) is 4.79 Å². The van der Waals surface area contributed by atoms with Gasteiger partial charge in [-0.05, 0) is 62.2 Å². The molecule has 0 radical (unpaired) electrons. The average Bonchev–Trinajstić information content (AvgIpc) is 2.66. The van der Waals surface area contributed by atoms with Crippen LogP contribution in [0, 0.1) is 0 Å². The number of para-hydroxylation sites is 1. The lowest BCUT2D eigenvalue weighted by atomic mass is 10.2. The van der Waals surface area contributed by atoms with Gasteiger partial charge in [-0.2, -0.15) is 0 Å². The van der Waals surface area contributed by atoms with Crippen LogP contribution in [0.25, 0.3) is 10.9 Å². The topological polar surface area (TPSA) is 86.5 Å². The molecule has 3 aromatic rings. The lowest BCUT2D eigenvalue weighted by Crippen LogP contribution is -2.13. The second-order valence-corrected chi connectivity index (χ2v) is 6.69. The highest BCUT2D eigenvalue weighted by atomic mass is 16.5. The summed E-state index contributed by atoms with van der Waals surface area (Å²) >= 11 is 0. The first-order chi connectivity index (χ1) is 13.5. The molecule has 28 heavy (non-hydrogen) atoms. The van der Waals surface area contributed by atoms with Crippen LogP contribution in [0.3, 0.4) is 0 Å². The molecule has 0 aliphatic rings. The number of pyridine rings is 1. The van der Waals surface area contributed by atoms with E-state index in [0.29, 0.717) is 12.4 Å². The van der Waals surface area contributed by atoms with Crippen molar-refractivity contribution >= 4 is 28.3 Å². The van der Waals surface area contributed by atoms with Crippen molar-refractivity contribution in [2.45, 2.75) is 32.8 Å². The van der Waals surface area contributed by atoms with Gasteiger partial charge in [0.1, 0.15) is 22.8 Å². The molecule has 1 amide bonds. The van der Waals surface area contributed by atoms with Crippen LogP contribution < -0.4 is 20.5 Å². The Balaban J connectivity index is 1.47. The molecule has 0 aliphatic carbocycles. The number of amides is 1. The molecule has 1 heterocycles. The largest absolute Gasteiger partial charge is 0.494 e. The maximum atomic E-state index is 11.0. The fourth-order valence-electron chi connectivity index (χ4n) is 2.90. The number of nitrogens with one attached hydrogen (secondary N) is 1. The molecule has 146 valence electrons. The van der Waals surface area contributed by atoms with Crippen LogP contribution in [0.15, 0.2) is 54.6 Å². The summed E-state index contributed by atoms with van der Waals surface area (Å²) in [6.07, 6.45) is 1.73. The quantitative estimate of drug-likeness (QED) is 0.567. The lowest BCUT2D eigenvalue weighted by molar-refractivity contribution is -0.114. The van der Waals surface area contributed by atoms with Gasteiger partial charge in [-0.1, -0.05) is 12.1 Å². The van der Waals surface area contributed by atoms with E-state index in [1.54, 1.807) is 6.07 Å². The molecule has 0 fully saturated rings. The normalized spacial score (nSPS) is 11.8. The van der Waals surface area contributed by atoms with E-state index in [-0.39, 0.29) is 12.0 Å². The predicted octanol–water partition coefficient (Wildman–Crippen LogP) is 4.40. The Morgan fingerprint density at radius 3 is 2.68 bits per heavy atom. The molecule has 6 nitrogen and oxygen atoms in total. The minimum atomic E-state index is -0.0910. The van der Waals surface area contributed by atoms with Gasteiger partial charge in [-0.25, -0.2) is 4.98 Å². The van der Waals surface area contributed by atoms with Gasteiger partial charge in [0, 0.05) is 18.0 Å². The first-order valence-electron chi connectivity index (χ1n) is 9.33. The van der Waals surface area contributed by atoms with Crippen molar-refractivity contribution < 1.29 is 14.3 Å². The monoisotopic (exact) mass is 379 g/mol. The van der Waals surface area contributed by atoms with E-state index >= 15 is 0 Å². The number of fused-ring (bicyclic) bond motifs is 1. The van der Waals surface area contributed by atoms with Crippen molar-refractivity contribution in [3.8, 4) is 11.5 Å². The van der Waals surface area contributed by atoms with Crippen molar-refractivity contribution in [1.82, 2.24) is 4.98 Å². The highest BCUT2D eigenvalue weighted by Gasteiger charge is 2.09. The van der Waals surface area contributed by atoms with Gasteiger partial charge in [0.25, 0.3) is 0 Å². The fourth-order valence-corrected chi connectivity index (χ4v) is 2.90. The Morgan fingerprint density at radius 2 is 1.93 bits per heavy atom. The molecule has 3 rings (SSSR count). The highest BCUT2D eigenvalue weighted by molar-refractivity contribution is 5.88. The Hall–Kier alpha value is -3.28. The van der Waals surface area contributed by atoms with Crippen molar-refractivity contribution in [2.75, 3.05) is 17.7 Å². The maximum Gasteiger partial charge on any atom is 0.221 e. The van der Waals surface area contributed by atoms with E-state index in [1.807, 2.05) is 55.5 Å². The number of rotatable bonds is 8. The van der Waals surface area contributed by atoms with E-state index in [2.05, 4.69) is 10.3 Å². The second kappa shape index (κ2) is 9.08. The number of hydrogen-bond acceptors (Lipinski definition) is 5. The number of nitrogens with two attached hydrogens (primary N) is 1. The molecular weight excluding hydrogens is 354 g/mol. The molecule has 1 atom stereocenters. The minimum Gasteiger partial charge on any atom is -0.494 e. The molecule has 3 N–H and O–H groups in total. The Bertz CT molecular complexity index is 941. The number of aromatic nitrogens is 1. The summed E-state index contributed by atoms with van der Waals surface area (Å²) in [7, 11) is 0. The van der Waals surface area contributed by atoms with Gasteiger partial charge in [-0.3, -0.25) is 4.79 Å². The van der Waals surface area contributed by atoms with E-state index in [4.69, 9.17) is 15.2 Å². The SMILES string of the molecule is CC(=O)Nc1ccc(OCCCC(C)Oc2cccc3ccc(N)nc23)cc1. The second-order valence-electron chi connectivity index (χ2n) is 6.69. The molecule has 2 aromatic carbocycles. The highest BCUT2D eigenvalue weighted by Crippen LogP contribution is 2.26. The first kappa shape index (κ1) is 19.5. The maximum absolute atomic E-state index is 11.0. The van der Waals surface area contributed by atoms with E-state index in [0.717, 1.165) is 40.9 Å². The summed E-state index contributed by atoms with van der Waals surface area (Å²) in [5.74, 6) is 1.91. The third-order valence-electron chi connectivity index (χ3n) is 4.23. The summed E-state index contributed by atoms with van der Waals surface area (Å²) in [6, 6.07) is 16.9.